The number of benzene rings is 1. The zero-order valence-electron chi connectivity index (χ0n) is 17.6. The first-order valence-electron chi connectivity index (χ1n) is 10.4. The first-order chi connectivity index (χ1) is 14.7. The summed E-state index contributed by atoms with van der Waals surface area (Å²) >= 11 is 0. The van der Waals surface area contributed by atoms with E-state index in [2.05, 4.69) is 22.3 Å². The van der Waals surface area contributed by atoms with Crippen LogP contribution in [0.3, 0.4) is 0 Å². The van der Waals surface area contributed by atoms with E-state index in [1.54, 1.807) is 14.2 Å². The summed E-state index contributed by atoms with van der Waals surface area (Å²) in [5.74, 6) is 2.33. The van der Waals surface area contributed by atoms with E-state index in [1.807, 2.05) is 35.0 Å². The maximum Gasteiger partial charge on any atom is 0.240 e. The predicted molar refractivity (Wildman–Crippen MR) is 117 cm³/mol. The molecule has 3 aromatic rings. The molecule has 158 valence electrons. The topological polar surface area (TPSA) is 68.6 Å². The van der Waals surface area contributed by atoms with Crippen molar-refractivity contribution >= 4 is 22.8 Å². The van der Waals surface area contributed by atoms with Gasteiger partial charge in [-0.15, -0.1) is 0 Å². The first-order valence-corrected chi connectivity index (χ1v) is 10.4. The van der Waals surface area contributed by atoms with Gasteiger partial charge in [-0.05, 0) is 49.6 Å². The highest BCUT2D eigenvalue weighted by atomic mass is 16.5. The van der Waals surface area contributed by atoms with Crippen LogP contribution in [-0.2, 0) is 17.9 Å². The molecule has 7 nitrogen and oxygen atoms in total. The average molecular weight is 409 g/mol. The molecule has 0 unspecified atom stereocenters. The molecule has 1 aliphatic heterocycles. The van der Waals surface area contributed by atoms with Crippen LogP contribution in [0.25, 0.3) is 11.0 Å². The maximum absolute atomic E-state index is 12.6. The Bertz CT molecular complexity index is 1020. The van der Waals surface area contributed by atoms with E-state index in [-0.39, 0.29) is 12.5 Å². The zero-order chi connectivity index (χ0) is 20.9. The molecule has 0 aliphatic carbocycles. The number of hydrogen-bond acceptors (Lipinski definition) is 5. The van der Waals surface area contributed by atoms with Crippen LogP contribution in [0.1, 0.15) is 24.8 Å². The predicted octanol–water partition coefficient (Wildman–Crippen LogP) is 3.36. The Morgan fingerprint density at radius 1 is 1.07 bits per heavy atom. The largest absolute Gasteiger partial charge is 0.497 e. The SMILES string of the molecule is COc1ccc(CNC(=O)Cn2ccc3ccc(N4CCCCC4)nc32)c(OC)c1. The molecule has 1 N–H and O–H groups in total. The molecule has 7 heteroatoms. The Kier molecular flexibility index (Phi) is 6.07. The fraction of sp³-hybridized carbons (Fsp3) is 0.391. The number of hydrogen-bond donors (Lipinski definition) is 1. The minimum atomic E-state index is -0.0736. The summed E-state index contributed by atoms with van der Waals surface area (Å²) in [7, 11) is 3.22. The lowest BCUT2D eigenvalue weighted by Crippen LogP contribution is -2.30. The standard InChI is InChI=1S/C23H28N4O3/c1-29-19-8-6-18(20(14-19)30-2)15-24-22(28)16-27-13-10-17-7-9-21(25-23(17)27)26-11-4-3-5-12-26/h6-10,13-14H,3-5,11-12,15-16H2,1-2H3,(H,24,28). The van der Waals surface area contributed by atoms with Crippen molar-refractivity contribution in [2.24, 2.45) is 0 Å². The van der Waals surface area contributed by atoms with E-state index in [9.17, 15) is 4.79 Å². The van der Waals surface area contributed by atoms with Gasteiger partial charge in [0.2, 0.25) is 5.91 Å². The van der Waals surface area contributed by atoms with Crippen LogP contribution >= 0.6 is 0 Å². The minimum Gasteiger partial charge on any atom is -0.497 e. The van der Waals surface area contributed by atoms with Crippen molar-refractivity contribution in [3.05, 3.63) is 48.2 Å². The fourth-order valence-corrected chi connectivity index (χ4v) is 3.88. The van der Waals surface area contributed by atoms with Gasteiger partial charge in [-0.25, -0.2) is 4.98 Å². The molecule has 1 fully saturated rings. The number of aromatic nitrogens is 2. The van der Waals surface area contributed by atoms with Gasteiger partial charge in [0.1, 0.15) is 29.5 Å². The van der Waals surface area contributed by atoms with Gasteiger partial charge in [0.15, 0.2) is 0 Å². The molecule has 0 bridgehead atoms. The Hall–Kier alpha value is -3.22. The van der Waals surface area contributed by atoms with Gasteiger partial charge in [0.05, 0.1) is 14.2 Å². The van der Waals surface area contributed by atoms with Crippen LogP contribution in [0.2, 0.25) is 0 Å². The van der Waals surface area contributed by atoms with E-state index in [0.717, 1.165) is 41.3 Å². The second-order valence-electron chi connectivity index (χ2n) is 7.53. The van der Waals surface area contributed by atoms with Crippen molar-refractivity contribution in [3.63, 3.8) is 0 Å². The molecule has 0 saturated carbocycles. The Morgan fingerprint density at radius 3 is 2.67 bits per heavy atom. The van der Waals surface area contributed by atoms with Crippen molar-refractivity contribution < 1.29 is 14.3 Å². The fourth-order valence-electron chi connectivity index (χ4n) is 3.88. The van der Waals surface area contributed by atoms with Crippen LogP contribution in [0.4, 0.5) is 5.82 Å². The number of rotatable bonds is 7. The molecule has 3 heterocycles. The van der Waals surface area contributed by atoms with Crippen LogP contribution < -0.4 is 19.7 Å². The third kappa shape index (κ3) is 4.35. The number of fused-ring (bicyclic) bond motifs is 1. The summed E-state index contributed by atoms with van der Waals surface area (Å²) in [6, 6.07) is 11.7. The molecule has 4 rings (SSSR count). The second-order valence-corrected chi connectivity index (χ2v) is 7.53. The van der Waals surface area contributed by atoms with Gasteiger partial charge in [-0.2, -0.15) is 0 Å². The molecular weight excluding hydrogens is 380 g/mol. The van der Waals surface area contributed by atoms with E-state index >= 15 is 0 Å². The van der Waals surface area contributed by atoms with Crippen molar-refractivity contribution in [2.45, 2.75) is 32.4 Å². The first kappa shape index (κ1) is 20.1. The number of pyridine rings is 1. The Balaban J connectivity index is 1.44. The van der Waals surface area contributed by atoms with Crippen LogP contribution in [0, 0.1) is 0 Å². The number of carbonyl (C=O) groups is 1. The maximum atomic E-state index is 12.6. The normalized spacial score (nSPS) is 14.0. The third-order valence-corrected chi connectivity index (χ3v) is 5.56. The number of ether oxygens (including phenoxy) is 2. The van der Waals surface area contributed by atoms with Crippen LogP contribution in [0.15, 0.2) is 42.6 Å². The molecule has 1 saturated heterocycles. The monoisotopic (exact) mass is 408 g/mol. The minimum absolute atomic E-state index is 0.0736. The summed E-state index contributed by atoms with van der Waals surface area (Å²) in [5, 5.41) is 4.02. The second kappa shape index (κ2) is 9.07. The number of methoxy groups -OCH3 is 2. The van der Waals surface area contributed by atoms with Crippen LogP contribution in [-0.4, -0.2) is 42.8 Å². The highest BCUT2D eigenvalue weighted by Crippen LogP contribution is 2.25. The van der Waals surface area contributed by atoms with Gasteiger partial charge >= 0.3 is 0 Å². The van der Waals surface area contributed by atoms with Gasteiger partial charge < -0.3 is 24.3 Å². The molecule has 30 heavy (non-hydrogen) atoms. The van der Waals surface area contributed by atoms with Crippen molar-refractivity contribution in [3.8, 4) is 11.5 Å². The van der Waals surface area contributed by atoms with Gasteiger partial charge in [-0.1, -0.05) is 0 Å². The van der Waals surface area contributed by atoms with E-state index in [1.165, 1.54) is 19.3 Å². The van der Waals surface area contributed by atoms with E-state index in [0.29, 0.717) is 12.3 Å². The molecule has 2 aromatic heterocycles. The molecule has 1 aliphatic rings. The van der Waals surface area contributed by atoms with Crippen molar-refractivity contribution in [1.82, 2.24) is 14.9 Å². The highest BCUT2D eigenvalue weighted by molar-refractivity contribution is 5.82. The molecule has 0 atom stereocenters. The summed E-state index contributed by atoms with van der Waals surface area (Å²) in [5.41, 5.74) is 1.74. The molecule has 1 aromatic carbocycles. The summed E-state index contributed by atoms with van der Waals surface area (Å²) in [6.45, 7) is 2.70. The number of carbonyl (C=O) groups excluding carboxylic acids is 1. The number of anilines is 1. The molecule has 1 amide bonds. The summed E-state index contributed by atoms with van der Waals surface area (Å²) in [4.78, 5) is 19.8. The lowest BCUT2D eigenvalue weighted by atomic mass is 10.1. The van der Waals surface area contributed by atoms with Gasteiger partial charge in [0.25, 0.3) is 0 Å². The quantitative estimate of drug-likeness (QED) is 0.649. The summed E-state index contributed by atoms with van der Waals surface area (Å²) in [6.07, 6.45) is 5.62. The van der Waals surface area contributed by atoms with Crippen molar-refractivity contribution in [2.75, 3.05) is 32.2 Å². The smallest absolute Gasteiger partial charge is 0.240 e. The number of piperidine rings is 1. The Labute approximate surface area is 176 Å². The van der Waals surface area contributed by atoms with Gasteiger partial charge in [-0.3, -0.25) is 4.79 Å². The van der Waals surface area contributed by atoms with Crippen LogP contribution in [0.5, 0.6) is 11.5 Å². The van der Waals surface area contributed by atoms with E-state index < -0.39 is 0 Å². The van der Waals surface area contributed by atoms with Crippen molar-refractivity contribution in [1.29, 1.82) is 0 Å². The zero-order valence-corrected chi connectivity index (χ0v) is 17.6. The third-order valence-electron chi connectivity index (χ3n) is 5.56. The number of nitrogens with zero attached hydrogens (tertiary/aromatic N) is 3. The van der Waals surface area contributed by atoms with E-state index in [4.69, 9.17) is 14.5 Å². The summed E-state index contributed by atoms with van der Waals surface area (Å²) < 4.78 is 12.5. The lowest BCUT2D eigenvalue weighted by molar-refractivity contribution is -0.121. The number of amides is 1. The number of nitrogens with one attached hydrogen (secondary N) is 1. The highest BCUT2D eigenvalue weighted by Gasteiger charge is 2.15. The molecule has 0 radical (unpaired) electrons. The lowest BCUT2D eigenvalue weighted by Gasteiger charge is -2.27. The Morgan fingerprint density at radius 2 is 1.90 bits per heavy atom. The molecular formula is C23H28N4O3. The van der Waals surface area contributed by atoms with Gasteiger partial charge in [0, 0.05) is 42.8 Å². The average Bonchev–Trinajstić information content (AvgIpc) is 3.20. The molecule has 0 spiro atoms.